The lowest BCUT2D eigenvalue weighted by molar-refractivity contribution is 0.0937. The van der Waals surface area contributed by atoms with Gasteiger partial charge in [-0.1, -0.05) is 19.1 Å². The van der Waals surface area contributed by atoms with Crippen LogP contribution in [-0.2, 0) is 0 Å². The Hall–Kier alpha value is -1.49. The summed E-state index contributed by atoms with van der Waals surface area (Å²) in [5.41, 5.74) is 6.91. The first kappa shape index (κ1) is 13.6. The minimum Gasteiger partial charge on any atom is -0.393 e. The first-order valence-electron chi connectivity index (χ1n) is 5.54. The topological polar surface area (TPSA) is 68.0 Å². The number of aryl methyl sites for hydroxylation is 1. The monoisotopic (exact) mass is 251 g/mol. The van der Waals surface area contributed by atoms with E-state index in [-0.39, 0.29) is 11.9 Å². The van der Waals surface area contributed by atoms with Crippen LogP contribution in [0.2, 0.25) is 0 Å². The highest BCUT2D eigenvalue weighted by molar-refractivity contribution is 7.80. The Kier molecular flexibility index (Phi) is 5.03. The molecule has 0 aliphatic heterocycles. The summed E-state index contributed by atoms with van der Waals surface area (Å²) in [6.45, 7) is 3.84. The van der Waals surface area contributed by atoms with E-state index in [0.29, 0.717) is 17.0 Å². The molecule has 4 nitrogen and oxygen atoms in total. The second-order valence-electron chi connectivity index (χ2n) is 3.93. The van der Waals surface area contributed by atoms with Gasteiger partial charge >= 0.3 is 0 Å². The number of nitrogens with two attached hydrogens (primary N) is 1. The summed E-state index contributed by atoms with van der Waals surface area (Å²) < 4.78 is 0. The van der Waals surface area contributed by atoms with Crippen molar-refractivity contribution in [3.63, 3.8) is 0 Å². The summed E-state index contributed by atoms with van der Waals surface area (Å²) in [5, 5.41) is 2.91. The fourth-order valence-corrected chi connectivity index (χ4v) is 1.70. The summed E-state index contributed by atoms with van der Waals surface area (Å²) in [6.07, 6.45) is 2.95. The largest absolute Gasteiger partial charge is 0.393 e. The van der Waals surface area contributed by atoms with E-state index in [9.17, 15) is 4.79 Å². The predicted octanol–water partition coefficient (Wildman–Crippen LogP) is 1.57. The number of carbonyl (C=O) groups excluding carboxylic acids is 1. The Morgan fingerprint density at radius 3 is 2.88 bits per heavy atom. The average molecular weight is 251 g/mol. The second kappa shape index (κ2) is 6.30. The number of rotatable bonds is 5. The number of hydrogen-bond acceptors (Lipinski definition) is 3. The molecule has 1 unspecified atom stereocenters. The molecule has 92 valence electrons. The zero-order valence-electron chi connectivity index (χ0n) is 10.1. The van der Waals surface area contributed by atoms with Crippen LogP contribution in [0.1, 0.15) is 35.8 Å². The van der Waals surface area contributed by atoms with Crippen LogP contribution in [0.3, 0.4) is 0 Å². The zero-order chi connectivity index (χ0) is 12.8. The molecule has 1 amide bonds. The number of nitrogens with zero attached hydrogens (tertiary/aromatic N) is 1. The summed E-state index contributed by atoms with van der Waals surface area (Å²) in [7, 11) is 0. The molecule has 3 N–H and O–H groups in total. The first-order valence-corrected chi connectivity index (χ1v) is 5.95. The highest BCUT2D eigenvalue weighted by Crippen LogP contribution is 2.04. The molecular weight excluding hydrogens is 234 g/mol. The highest BCUT2D eigenvalue weighted by Gasteiger charge is 2.13. The lowest BCUT2D eigenvalue weighted by atomic mass is 10.1. The molecule has 1 aromatic heterocycles. The summed E-state index contributed by atoms with van der Waals surface area (Å²) in [6, 6.07) is 3.44. The smallest absolute Gasteiger partial charge is 0.251 e. The summed E-state index contributed by atoms with van der Waals surface area (Å²) >= 11 is 4.84. The molecule has 0 bridgehead atoms. The van der Waals surface area contributed by atoms with Gasteiger partial charge in [-0.05, 0) is 25.5 Å². The van der Waals surface area contributed by atoms with Crippen molar-refractivity contribution in [2.75, 3.05) is 0 Å². The van der Waals surface area contributed by atoms with Crippen LogP contribution < -0.4 is 11.1 Å². The maximum absolute atomic E-state index is 11.9. The van der Waals surface area contributed by atoms with Gasteiger partial charge in [0.05, 0.1) is 4.99 Å². The van der Waals surface area contributed by atoms with Crippen molar-refractivity contribution in [3.8, 4) is 0 Å². The van der Waals surface area contributed by atoms with Gasteiger partial charge in [0.25, 0.3) is 5.91 Å². The number of amides is 1. The van der Waals surface area contributed by atoms with Crippen LogP contribution in [-0.4, -0.2) is 21.9 Å². The van der Waals surface area contributed by atoms with Crippen LogP contribution in [0.15, 0.2) is 18.3 Å². The van der Waals surface area contributed by atoms with Gasteiger partial charge in [-0.25, -0.2) is 0 Å². The van der Waals surface area contributed by atoms with Crippen molar-refractivity contribution in [1.82, 2.24) is 10.3 Å². The Morgan fingerprint density at radius 1 is 1.65 bits per heavy atom. The Labute approximate surface area is 107 Å². The summed E-state index contributed by atoms with van der Waals surface area (Å²) in [4.78, 5) is 16.4. The van der Waals surface area contributed by atoms with Crippen LogP contribution in [0.4, 0.5) is 0 Å². The van der Waals surface area contributed by atoms with E-state index in [1.54, 1.807) is 18.3 Å². The molecule has 1 atom stereocenters. The minimum absolute atomic E-state index is 0.00604. The SMILES string of the molecule is CCC(CC(N)=S)NC(=O)c1ccnc(C)c1. The number of hydrogen-bond donors (Lipinski definition) is 2. The van der Waals surface area contributed by atoms with Gasteiger partial charge in [0.1, 0.15) is 0 Å². The Bertz CT molecular complexity index is 420. The molecule has 0 radical (unpaired) electrons. The van der Waals surface area contributed by atoms with E-state index in [2.05, 4.69) is 10.3 Å². The average Bonchev–Trinajstić information content (AvgIpc) is 2.27. The number of pyridine rings is 1. The third-order valence-electron chi connectivity index (χ3n) is 2.43. The second-order valence-corrected chi connectivity index (χ2v) is 4.46. The van der Waals surface area contributed by atoms with Crippen molar-refractivity contribution in [3.05, 3.63) is 29.6 Å². The highest BCUT2D eigenvalue weighted by atomic mass is 32.1. The lowest BCUT2D eigenvalue weighted by Gasteiger charge is -2.16. The van der Waals surface area contributed by atoms with E-state index in [0.717, 1.165) is 12.1 Å². The quantitative estimate of drug-likeness (QED) is 0.780. The lowest BCUT2D eigenvalue weighted by Crippen LogP contribution is -2.37. The van der Waals surface area contributed by atoms with Crippen molar-refractivity contribution >= 4 is 23.1 Å². The van der Waals surface area contributed by atoms with Gasteiger partial charge in [-0.3, -0.25) is 9.78 Å². The predicted molar refractivity (Wildman–Crippen MR) is 71.9 cm³/mol. The van der Waals surface area contributed by atoms with Gasteiger partial charge in [0.2, 0.25) is 0 Å². The molecule has 0 spiro atoms. The number of aromatic nitrogens is 1. The van der Waals surface area contributed by atoms with E-state index in [1.807, 2.05) is 13.8 Å². The maximum atomic E-state index is 11.9. The molecule has 0 fully saturated rings. The third kappa shape index (κ3) is 4.48. The van der Waals surface area contributed by atoms with Gasteiger partial charge in [0, 0.05) is 29.9 Å². The van der Waals surface area contributed by atoms with Crippen LogP contribution in [0.25, 0.3) is 0 Å². The maximum Gasteiger partial charge on any atom is 0.251 e. The molecule has 0 saturated heterocycles. The van der Waals surface area contributed by atoms with E-state index < -0.39 is 0 Å². The molecule has 17 heavy (non-hydrogen) atoms. The third-order valence-corrected chi connectivity index (χ3v) is 2.60. The summed E-state index contributed by atoms with van der Waals surface area (Å²) in [5.74, 6) is -0.112. The molecule has 1 heterocycles. The van der Waals surface area contributed by atoms with Crippen molar-refractivity contribution < 1.29 is 4.79 Å². The van der Waals surface area contributed by atoms with Gasteiger partial charge in [0.15, 0.2) is 0 Å². The van der Waals surface area contributed by atoms with E-state index >= 15 is 0 Å². The normalized spacial score (nSPS) is 11.9. The number of carbonyl (C=O) groups is 1. The van der Waals surface area contributed by atoms with Crippen LogP contribution in [0, 0.1) is 6.92 Å². The molecule has 1 rings (SSSR count). The van der Waals surface area contributed by atoms with Crippen LogP contribution in [0.5, 0.6) is 0 Å². The standard InChI is InChI=1S/C12H17N3OS/c1-3-10(7-11(13)17)15-12(16)9-4-5-14-8(2)6-9/h4-6,10H,3,7H2,1-2H3,(H2,13,17)(H,15,16). The van der Waals surface area contributed by atoms with E-state index in [4.69, 9.17) is 18.0 Å². The van der Waals surface area contributed by atoms with Gasteiger partial charge in [-0.15, -0.1) is 0 Å². The molecule has 1 aromatic rings. The fraction of sp³-hybridized carbons (Fsp3) is 0.417. The number of nitrogens with one attached hydrogen (secondary N) is 1. The fourth-order valence-electron chi connectivity index (χ4n) is 1.50. The minimum atomic E-state index is -0.112. The van der Waals surface area contributed by atoms with Gasteiger partial charge in [-0.2, -0.15) is 0 Å². The molecule has 0 aliphatic rings. The first-order chi connectivity index (χ1) is 8.02. The van der Waals surface area contributed by atoms with Crippen molar-refractivity contribution in [2.24, 2.45) is 5.73 Å². The van der Waals surface area contributed by atoms with Crippen molar-refractivity contribution in [1.29, 1.82) is 0 Å². The van der Waals surface area contributed by atoms with E-state index in [1.165, 1.54) is 0 Å². The van der Waals surface area contributed by atoms with Crippen LogP contribution >= 0.6 is 12.2 Å². The molecule has 0 aromatic carbocycles. The Morgan fingerprint density at radius 2 is 2.35 bits per heavy atom. The number of thiocarbonyl (C=S) groups is 1. The molecular formula is C12H17N3OS. The van der Waals surface area contributed by atoms with Crippen molar-refractivity contribution in [2.45, 2.75) is 32.7 Å². The molecule has 0 aliphatic carbocycles. The Balaban J connectivity index is 2.67. The van der Waals surface area contributed by atoms with Gasteiger partial charge < -0.3 is 11.1 Å². The zero-order valence-corrected chi connectivity index (χ0v) is 10.9. The molecule has 0 saturated carbocycles. The molecule has 5 heteroatoms.